The minimum absolute atomic E-state index is 0.117. The summed E-state index contributed by atoms with van der Waals surface area (Å²) in [5.41, 5.74) is 0.430. The van der Waals surface area contributed by atoms with Gasteiger partial charge in [0.1, 0.15) is 0 Å². The highest BCUT2D eigenvalue weighted by molar-refractivity contribution is 5.82. The number of hydrogen-bond donors (Lipinski definition) is 1. The van der Waals surface area contributed by atoms with Crippen molar-refractivity contribution in [2.24, 2.45) is 5.41 Å². The first-order valence-corrected chi connectivity index (χ1v) is 6.11. The molecule has 2 saturated heterocycles. The first-order chi connectivity index (χ1) is 7.08. The van der Waals surface area contributed by atoms with E-state index in [0.29, 0.717) is 11.3 Å². The van der Waals surface area contributed by atoms with Crippen LogP contribution in [0.5, 0.6) is 0 Å². The van der Waals surface area contributed by atoms with Gasteiger partial charge in [-0.05, 0) is 37.6 Å². The van der Waals surface area contributed by atoms with Crippen LogP contribution in [0.15, 0.2) is 0 Å². The fourth-order valence-electron chi connectivity index (χ4n) is 2.45. The summed E-state index contributed by atoms with van der Waals surface area (Å²) in [7, 11) is 0. The molecule has 0 aliphatic carbocycles. The summed E-state index contributed by atoms with van der Waals surface area (Å²) in [6, 6.07) is 0.117. The molecule has 15 heavy (non-hydrogen) atoms. The van der Waals surface area contributed by atoms with Crippen molar-refractivity contribution in [3.05, 3.63) is 0 Å². The predicted octanol–water partition coefficient (Wildman–Crippen LogP) is 1.39. The van der Waals surface area contributed by atoms with E-state index in [1.54, 1.807) is 0 Å². The van der Waals surface area contributed by atoms with Gasteiger partial charge in [0.15, 0.2) is 0 Å². The summed E-state index contributed by atoms with van der Waals surface area (Å²) in [5, 5.41) is 3.28. The number of hydrogen-bond acceptors (Lipinski definition) is 2. The average Bonchev–Trinajstić information content (AvgIpc) is 2.69. The third-order valence-electron chi connectivity index (χ3n) is 3.79. The molecule has 1 amide bonds. The SMILES string of the molecule is CC1(C)CCN(C(=O)[C@@H]2CCCN2)CC1. The van der Waals surface area contributed by atoms with E-state index in [2.05, 4.69) is 19.2 Å². The topological polar surface area (TPSA) is 32.3 Å². The fourth-order valence-corrected chi connectivity index (χ4v) is 2.45. The van der Waals surface area contributed by atoms with Crippen LogP contribution < -0.4 is 5.32 Å². The summed E-state index contributed by atoms with van der Waals surface area (Å²) in [4.78, 5) is 14.1. The second kappa shape index (κ2) is 4.12. The van der Waals surface area contributed by atoms with Gasteiger partial charge in [0.2, 0.25) is 5.91 Å². The lowest BCUT2D eigenvalue weighted by atomic mass is 9.82. The van der Waals surface area contributed by atoms with Crippen LogP contribution in [0.2, 0.25) is 0 Å². The highest BCUT2D eigenvalue weighted by atomic mass is 16.2. The number of rotatable bonds is 1. The van der Waals surface area contributed by atoms with Crippen molar-refractivity contribution in [3.8, 4) is 0 Å². The van der Waals surface area contributed by atoms with Gasteiger partial charge >= 0.3 is 0 Å². The molecule has 0 aromatic rings. The van der Waals surface area contributed by atoms with Crippen LogP contribution in [-0.4, -0.2) is 36.5 Å². The Balaban J connectivity index is 1.87. The summed E-state index contributed by atoms with van der Waals surface area (Å²) < 4.78 is 0. The Hall–Kier alpha value is -0.570. The van der Waals surface area contributed by atoms with E-state index in [1.165, 1.54) is 0 Å². The molecule has 0 saturated carbocycles. The molecule has 3 heteroatoms. The first-order valence-electron chi connectivity index (χ1n) is 6.11. The van der Waals surface area contributed by atoms with Crippen LogP contribution in [0.4, 0.5) is 0 Å². The van der Waals surface area contributed by atoms with Gasteiger partial charge < -0.3 is 10.2 Å². The van der Waals surface area contributed by atoms with Crippen LogP contribution in [0.3, 0.4) is 0 Å². The van der Waals surface area contributed by atoms with E-state index < -0.39 is 0 Å². The second-order valence-electron chi connectivity index (χ2n) is 5.64. The lowest BCUT2D eigenvalue weighted by molar-refractivity contribution is -0.135. The minimum Gasteiger partial charge on any atom is -0.341 e. The molecule has 3 nitrogen and oxygen atoms in total. The van der Waals surface area contributed by atoms with Crippen molar-refractivity contribution in [2.75, 3.05) is 19.6 Å². The van der Waals surface area contributed by atoms with Crippen LogP contribution in [-0.2, 0) is 4.79 Å². The van der Waals surface area contributed by atoms with Crippen molar-refractivity contribution in [3.63, 3.8) is 0 Å². The molecule has 2 aliphatic rings. The number of nitrogens with zero attached hydrogens (tertiary/aromatic N) is 1. The molecule has 0 spiro atoms. The van der Waals surface area contributed by atoms with Crippen molar-refractivity contribution >= 4 is 5.91 Å². The van der Waals surface area contributed by atoms with Crippen molar-refractivity contribution < 1.29 is 4.79 Å². The third kappa shape index (κ3) is 2.51. The van der Waals surface area contributed by atoms with Gasteiger partial charge in [-0.3, -0.25) is 4.79 Å². The Labute approximate surface area is 92.2 Å². The molecule has 2 aliphatic heterocycles. The summed E-state index contributed by atoms with van der Waals surface area (Å²) in [6.07, 6.45) is 4.46. The molecule has 1 atom stereocenters. The number of amides is 1. The van der Waals surface area contributed by atoms with Crippen LogP contribution in [0, 0.1) is 5.41 Å². The lowest BCUT2D eigenvalue weighted by Crippen LogP contribution is -2.48. The zero-order chi connectivity index (χ0) is 10.9. The molecule has 0 unspecified atom stereocenters. The number of carbonyl (C=O) groups excluding carboxylic acids is 1. The molecule has 0 aromatic heterocycles. The maximum absolute atomic E-state index is 12.1. The maximum Gasteiger partial charge on any atom is 0.239 e. The largest absolute Gasteiger partial charge is 0.341 e. The molecular formula is C12H22N2O. The van der Waals surface area contributed by atoms with E-state index in [9.17, 15) is 4.79 Å². The highest BCUT2D eigenvalue weighted by Gasteiger charge is 2.32. The van der Waals surface area contributed by atoms with Gasteiger partial charge in [-0.25, -0.2) is 0 Å². The van der Waals surface area contributed by atoms with Crippen molar-refractivity contribution in [2.45, 2.75) is 45.6 Å². The molecule has 0 radical (unpaired) electrons. The summed E-state index contributed by atoms with van der Waals surface area (Å²) >= 11 is 0. The van der Waals surface area contributed by atoms with Gasteiger partial charge in [-0.2, -0.15) is 0 Å². The zero-order valence-corrected chi connectivity index (χ0v) is 9.88. The van der Waals surface area contributed by atoms with Gasteiger partial charge in [0.25, 0.3) is 0 Å². The fraction of sp³-hybridized carbons (Fsp3) is 0.917. The van der Waals surface area contributed by atoms with Gasteiger partial charge in [0.05, 0.1) is 6.04 Å². The Morgan fingerprint density at radius 1 is 1.33 bits per heavy atom. The second-order valence-corrected chi connectivity index (χ2v) is 5.64. The van der Waals surface area contributed by atoms with Crippen LogP contribution in [0.25, 0.3) is 0 Å². The van der Waals surface area contributed by atoms with E-state index in [4.69, 9.17) is 0 Å². The average molecular weight is 210 g/mol. The normalized spacial score (nSPS) is 30.5. The molecular weight excluding hydrogens is 188 g/mol. The molecule has 1 N–H and O–H groups in total. The number of carbonyl (C=O) groups is 1. The predicted molar refractivity (Wildman–Crippen MR) is 60.6 cm³/mol. The third-order valence-corrected chi connectivity index (χ3v) is 3.79. The first kappa shape index (κ1) is 10.9. The molecule has 2 heterocycles. The summed E-state index contributed by atoms with van der Waals surface area (Å²) in [6.45, 7) is 7.50. The van der Waals surface area contributed by atoms with Crippen molar-refractivity contribution in [1.29, 1.82) is 0 Å². The smallest absolute Gasteiger partial charge is 0.239 e. The zero-order valence-electron chi connectivity index (χ0n) is 9.88. The van der Waals surface area contributed by atoms with E-state index in [0.717, 1.165) is 45.3 Å². The van der Waals surface area contributed by atoms with Crippen LogP contribution >= 0.6 is 0 Å². The standard InChI is InChI=1S/C12H22N2O/c1-12(2)5-8-14(9-6-12)11(15)10-4-3-7-13-10/h10,13H,3-9H2,1-2H3/t10-/m0/s1. The minimum atomic E-state index is 0.117. The molecule has 2 rings (SSSR count). The quantitative estimate of drug-likeness (QED) is 0.709. The van der Waals surface area contributed by atoms with Gasteiger partial charge in [0, 0.05) is 13.1 Å². The Bertz CT molecular complexity index is 234. The van der Waals surface area contributed by atoms with Crippen molar-refractivity contribution in [1.82, 2.24) is 10.2 Å². The Kier molecular flexibility index (Phi) is 3.01. The Morgan fingerprint density at radius 2 is 2.00 bits per heavy atom. The van der Waals surface area contributed by atoms with Gasteiger partial charge in [-0.15, -0.1) is 0 Å². The summed E-state index contributed by atoms with van der Waals surface area (Å²) in [5.74, 6) is 0.336. The van der Waals surface area contributed by atoms with Crippen LogP contribution in [0.1, 0.15) is 39.5 Å². The molecule has 86 valence electrons. The monoisotopic (exact) mass is 210 g/mol. The number of piperidine rings is 1. The van der Waals surface area contributed by atoms with E-state index in [1.807, 2.05) is 4.90 Å². The van der Waals surface area contributed by atoms with Gasteiger partial charge in [-0.1, -0.05) is 13.8 Å². The molecule has 0 aromatic carbocycles. The number of likely N-dealkylation sites (tertiary alicyclic amines) is 1. The molecule has 2 fully saturated rings. The highest BCUT2D eigenvalue weighted by Crippen LogP contribution is 2.30. The van der Waals surface area contributed by atoms with E-state index in [-0.39, 0.29) is 6.04 Å². The molecule has 0 bridgehead atoms. The lowest BCUT2D eigenvalue weighted by Gasteiger charge is -2.37. The Morgan fingerprint density at radius 3 is 2.53 bits per heavy atom. The van der Waals surface area contributed by atoms with E-state index >= 15 is 0 Å². The maximum atomic E-state index is 12.1. The number of nitrogens with one attached hydrogen (secondary N) is 1.